The van der Waals surface area contributed by atoms with Gasteiger partial charge in [0, 0.05) is 8.04 Å². The maximum absolute atomic E-state index is 6.56. The summed E-state index contributed by atoms with van der Waals surface area (Å²) < 4.78 is 7.31. The second-order valence-corrected chi connectivity index (χ2v) is 6.22. The molecule has 0 fully saturated rings. The van der Waals surface area contributed by atoms with E-state index in [1.165, 1.54) is 0 Å². The van der Waals surface area contributed by atoms with E-state index in [1.807, 2.05) is 30.3 Å². The Morgan fingerprint density at radius 3 is 2.50 bits per heavy atom. The van der Waals surface area contributed by atoms with E-state index < -0.39 is 0 Å². The van der Waals surface area contributed by atoms with Gasteiger partial charge in [0.15, 0.2) is 0 Å². The van der Waals surface area contributed by atoms with E-state index in [0.29, 0.717) is 0 Å². The Labute approximate surface area is 134 Å². The minimum absolute atomic E-state index is 0.168. The molecule has 94 valence electrons. The molecule has 0 N–H and O–H groups in total. The molecule has 0 saturated heterocycles. The van der Waals surface area contributed by atoms with Gasteiger partial charge in [-0.25, -0.2) is 0 Å². The van der Waals surface area contributed by atoms with Crippen LogP contribution in [0.1, 0.15) is 16.5 Å². The van der Waals surface area contributed by atoms with Crippen molar-refractivity contribution in [2.24, 2.45) is 0 Å². The van der Waals surface area contributed by atoms with E-state index in [-0.39, 0.29) is 5.38 Å². The minimum Gasteiger partial charge on any atom is -0.497 e. The number of benzene rings is 2. The zero-order valence-electron chi connectivity index (χ0n) is 9.66. The van der Waals surface area contributed by atoms with Gasteiger partial charge in [0.1, 0.15) is 5.75 Å². The van der Waals surface area contributed by atoms with Gasteiger partial charge in [0.2, 0.25) is 0 Å². The van der Waals surface area contributed by atoms with Crippen LogP contribution in [0.3, 0.4) is 0 Å². The molecule has 18 heavy (non-hydrogen) atoms. The van der Waals surface area contributed by atoms with Gasteiger partial charge in [-0.15, -0.1) is 11.6 Å². The number of ether oxygens (including phenoxy) is 1. The van der Waals surface area contributed by atoms with E-state index >= 15 is 0 Å². The Balaban J connectivity index is 2.40. The summed E-state index contributed by atoms with van der Waals surface area (Å²) in [5.74, 6) is 0.817. The molecule has 0 aliphatic heterocycles. The maximum atomic E-state index is 6.56. The Hall–Kier alpha value is -0.260. The van der Waals surface area contributed by atoms with Crippen LogP contribution in [0.15, 0.2) is 46.9 Å². The zero-order valence-corrected chi connectivity index (χ0v) is 14.2. The number of halogens is 3. The van der Waals surface area contributed by atoms with Gasteiger partial charge in [-0.05, 0) is 51.9 Å². The Morgan fingerprint density at radius 1 is 1.17 bits per heavy atom. The smallest absolute Gasteiger partial charge is 0.120 e. The normalized spacial score (nSPS) is 12.2. The summed E-state index contributed by atoms with van der Waals surface area (Å²) in [5, 5.41) is -0.168. The van der Waals surface area contributed by atoms with Crippen LogP contribution in [0.5, 0.6) is 5.75 Å². The van der Waals surface area contributed by atoms with Gasteiger partial charge in [-0.3, -0.25) is 0 Å². The average Bonchev–Trinajstić information content (AvgIpc) is 2.38. The second-order valence-electron chi connectivity index (χ2n) is 3.77. The van der Waals surface area contributed by atoms with Crippen LogP contribution in [-0.4, -0.2) is 7.11 Å². The largest absolute Gasteiger partial charge is 0.497 e. The van der Waals surface area contributed by atoms with Crippen molar-refractivity contribution in [1.82, 2.24) is 0 Å². The number of hydrogen-bond acceptors (Lipinski definition) is 1. The SMILES string of the molecule is COc1ccc(C(Cl)c2ccccc2I)c(Br)c1. The molecule has 0 aromatic heterocycles. The van der Waals surface area contributed by atoms with E-state index in [9.17, 15) is 0 Å². The van der Waals surface area contributed by atoms with Gasteiger partial charge in [0.25, 0.3) is 0 Å². The van der Waals surface area contributed by atoms with E-state index in [1.54, 1.807) is 7.11 Å². The van der Waals surface area contributed by atoms with Gasteiger partial charge < -0.3 is 4.74 Å². The van der Waals surface area contributed by atoms with Crippen molar-refractivity contribution >= 4 is 50.1 Å². The van der Waals surface area contributed by atoms with Crippen LogP contribution in [0.4, 0.5) is 0 Å². The van der Waals surface area contributed by atoms with Gasteiger partial charge in [-0.1, -0.05) is 40.2 Å². The summed E-state index contributed by atoms with van der Waals surface area (Å²) >= 11 is 12.4. The summed E-state index contributed by atoms with van der Waals surface area (Å²) in [6, 6.07) is 14.0. The molecule has 0 saturated carbocycles. The highest BCUT2D eigenvalue weighted by molar-refractivity contribution is 14.1. The van der Waals surface area contributed by atoms with Crippen LogP contribution < -0.4 is 4.74 Å². The van der Waals surface area contributed by atoms with Gasteiger partial charge >= 0.3 is 0 Å². The fourth-order valence-corrected chi connectivity index (χ4v) is 3.67. The van der Waals surface area contributed by atoms with Gasteiger partial charge in [-0.2, -0.15) is 0 Å². The molecule has 0 bridgehead atoms. The first-order chi connectivity index (χ1) is 8.63. The predicted molar refractivity (Wildman–Crippen MR) is 87.5 cm³/mol. The van der Waals surface area contributed by atoms with E-state index in [4.69, 9.17) is 16.3 Å². The molecule has 1 nitrogen and oxygen atoms in total. The monoisotopic (exact) mass is 436 g/mol. The first-order valence-electron chi connectivity index (χ1n) is 5.35. The van der Waals surface area contributed by atoms with Crippen LogP contribution in [-0.2, 0) is 0 Å². The lowest BCUT2D eigenvalue weighted by Crippen LogP contribution is -1.97. The molecule has 0 radical (unpaired) electrons. The summed E-state index contributed by atoms with van der Waals surface area (Å²) in [4.78, 5) is 0. The van der Waals surface area contributed by atoms with Crippen molar-refractivity contribution < 1.29 is 4.74 Å². The lowest BCUT2D eigenvalue weighted by atomic mass is 10.0. The number of alkyl halides is 1. The first kappa shape index (κ1) is 14.2. The highest BCUT2D eigenvalue weighted by Gasteiger charge is 2.16. The van der Waals surface area contributed by atoms with Crippen LogP contribution in [0, 0.1) is 3.57 Å². The number of rotatable bonds is 3. The molecule has 2 rings (SSSR count). The molecule has 1 atom stereocenters. The molecular formula is C14H11BrClIO. The van der Waals surface area contributed by atoms with Crippen molar-refractivity contribution in [3.63, 3.8) is 0 Å². The molecule has 0 spiro atoms. The first-order valence-corrected chi connectivity index (χ1v) is 7.66. The molecule has 2 aromatic carbocycles. The molecular weight excluding hydrogens is 426 g/mol. The van der Waals surface area contributed by atoms with Crippen molar-refractivity contribution in [2.75, 3.05) is 7.11 Å². The Morgan fingerprint density at radius 2 is 1.89 bits per heavy atom. The third kappa shape index (κ3) is 3.00. The van der Waals surface area contributed by atoms with Crippen LogP contribution >= 0.6 is 50.1 Å². The topological polar surface area (TPSA) is 9.23 Å². The standard InChI is InChI=1S/C14H11BrClIO/c1-18-9-6-7-10(12(15)8-9)14(16)11-4-2-3-5-13(11)17/h2-8,14H,1H3. The van der Waals surface area contributed by atoms with Crippen molar-refractivity contribution in [2.45, 2.75) is 5.38 Å². The zero-order chi connectivity index (χ0) is 13.1. The fraction of sp³-hybridized carbons (Fsp3) is 0.143. The molecule has 0 amide bonds. The Bertz CT molecular complexity index is 559. The van der Waals surface area contributed by atoms with Crippen LogP contribution in [0.25, 0.3) is 0 Å². The predicted octanol–water partition coefficient (Wildman–Crippen LogP) is 5.39. The van der Waals surface area contributed by atoms with Gasteiger partial charge in [0.05, 0.1) is 12.5 Å². The quantitative estimate of drug-likeness (QED) is 0.462. The summed E-state index contributed by atoms with van der Waals surface area (Å²) in [6.45, 7) is 0. The average molecular weight is 438 g/mol. The van der Waals surface area contributed by atoms with Crippen molar-refractivity contribution in [3.05, 3.63) is 61.6 Å². The summed E-state index contributed by atoms with van der Waals surface area (Å²) in [6.07, 6.45) is 0. The molecule has 2 aromatic rings. The van der Waals surface area contributed by atoms with E-state index in [2.05, 4.69) is 50.7 Å². The highest BCUT2D eigenvalue weighted by atomic mass is 127. The third-order valence-electron chi connectivity index (χ3n) is 2.66. The summed E-state index contributed by atoms with van der Waals surface area (Å²) in [7, 11) is 1.65. The molecule has 0 aliphatic carbocycles. The number of hydrogen-bond donors (Lipinski definition) is 0. The summed E-state index contributed by atoms with van der Waals surface area (Å²) in [5.41, 5.74) is 2.16. The minimum atomic E-state index is -0.168. The third-order valence-corrected chi connectivity index (χ3v) is 4.80. The lowest BCUT2D eigenvalue weighted by Gasteiger charge is -2.14. The van der Waals surface area contributed by atoms with Crippen molar-refractivity contribution in [1.29, 1.82) is 0 Å². The van der Waals surface area contributed by atoms with Crippen LogP contribution in [0.2, 0.25) is 0 Å². The second kappa shape index (κ2) is 6.26. The van der Waals surface area contributed by atoms with E-state index in [0.717, 1.165) is 24.9 Å². The number of methoxy groups -OCH3 is 1. The molecule has 0 aliphatic rings. The highest BCUT2D eigenvalue weighted by Crippen LogP contribution is 2.37. The molecule has 0 heterocycles. The molecule has 4 heteroatoms. The lowest BCUT2D eigenvalue weighted by molar-refractivity contribution is 0.414. The maximum Gasteiger partial charge on any atom is 0.120 e. The Kier molecular flexibility index (Phi) is 4.92. The van der Waals surface area contributed by atoms with Crippen molar-refractivity contribution in [3.8, 4) is 5.75 Å². The fourth-order valence-electron chi connectivity index (χ4n) is 1.69. The molecule has 1 unspecified atom stereocenters.